The van der Waals surface area contributed by atoms with Gasteiger partial charge in [0.05, 0.1) is 18.1 Å². The Kier molecular flexibility index (Phi) is 3.38. The Morgan fingerprint density at radius 1 is 1.35 bits per heavy atom. The molecule has 0 aromatic rings. The van der Waals surface area contributed by atoms with Gasteiger partial charge in [0.25, 0.3) is 0 Å². The Morgan fingerprint density at radius 3 is 2.47 bits per heavy atom. The summed E-state index contributed by atoms with van der Waals surface area (Å²) in [7, 11) is 0. The number of amides is 1. The fourth-order valence-electron chi connectivity index (χ4n) is 2.69. The molecule has 0 aromatic carbocycles. The molecule has 0 radical (unpaired) electrons. The van der Waals surface area contributed by atoms with E-state index in [0.717, 1.165) is 19.3 Å². The van der Waals surface area contributed by atoms with E-state index in [1.54, 1.807) is 13.8 Å². The van der Waals surface area contributed by atoms with Crippen LogP contribution in [0.4, 0.5) is 0 Å². The van der Waals surface area contributed by atoms with Gasteiger partial charge in [-0.3, -0.25) is 4.79 Å². The van der Waals surface area contributed by atoms with E-state index in [2.05, 4.69) is 5.32 Å². The average Bonchev–Trinajstić information content (AvgIpc) is 2.85. The van der Waals surface area contributed by atoms with E-state index in [9.17, 15) is 9.59 Å². The third-order valence-electron chi connectivity index (χ3n) is 3.67. The number of carboxylic acids is 1. The summed E-state index contributed by atoms with van der Waals surface area (Å²) in [5.41, 5.74) is 0. The summed E-state index contributed by atoms with van der Waals surface area (Å²) in [6.07, 6.45) is 2.89. The highest BCUT2D eigenvalue weighted by Crippen LogP contribution is 2.38. The first kappa shape index (κ1) is 12.4. The largest absolute Gasteiger partial charge is 0.480 e. The van der Waals surface area contributed by atoms with Crippen LogP contribution in [-0.4, -0.2) is 35.2 Å². The van der Waals surface area contributed by atoms with Crippen molar-refractivity contribution in [2.24, 2.45) is 11.8 Å². The number of aliphatic carboxylic acids is 1. The molecule has 2 N–H and O–H groups in total. The highest BCUT2D eigenvalue weighted by Gasteiger charge is 2.45. The van der Waals surface area contributed by atoms with Crippen molar-refractivity contribution in [3.05, 3.63) is 0 Å². The first-order chi connectivity index (χ1) is 7.99. The van der Waals surface area contributed by atoms with Gasteiger partial charge in [0.15, 0.2) is 0 Å². The summed E-state index contributed by atoms with van der Waals surface area (Å²) < 4.78 is 5.60. The van der Waals surface area contributed by atoms with Crippen LogP contribution in [0.2, 0.25) is 0 Å². The van der Waals surface area contributed by atoms with E-state index in [1.165, 1.54) is 0 Å². The monoisotopic (exact) mass is 241 g/mol. The van der Waals surface area contributed by atoms with E-state index in [0.29, 0.717) is 0 Å². The molecular weight excluding hydrogens is 222 g/mol. The quantitative estimate of drug-likeness (QED) is 0.762. The minimum absolute atomic E-state index is 0.00149. The third kappa shape index (κ3) is 2.44. The Labute approximate surface area is 101 Å². The van der Waals surface area contributed by atoms with Crippen LogP contribution in [0.3, 0.4) is 0 Å². The molecule has 5 nitrogen and oxygen atoms in total. The molecule has 3 unspecified atom stereocenters. The molecule has 2 aliphatic heterocycles. The highest BCUT2D eigenvalue weighted by molar-refractivity contribution is 5.85. The van der Waals surface area contributed by atoms with Crippen LogP contribution in [0.15, 0.2) is 0 Å². The van der Waals surface area contributed by atoms with Gasteiger partial charge in [0, 0.05) is 0 Å². The summed E-state index contributed by atoms with van der Waals surface area (Å²) >= 11 is 0. The van der Waals surface area contributed by atoms with Gasteiger partial charge in [-0.25, -0.2) is 4.79 Å². The maximum atomic E-state index is 12.0. The van der Waals surface area contributed by atoms with Crippen molar-refractivity contribution in [2.75, 3.05) is 0 Å². The zero-order valence-electron chi connectivity index (χ0n) is 10.2. The SMILES string of the molecule is CC(C)[C@@H](NC(=O)C1CC2CCC1O2)C(=O)O. The van der Waals surface area contributed by atoms with Crippen LogP contribution in [-0.2, 0) is 14.3 Å². The van der Waals surface area contributed by atoms with Gasteiger partial charge in [-0.1, -0.05) is 13.8 Å². The number of fused-ring (bicyclic) bond motifs is 2. The van der Waals surface area contributed by atoms with Crippen molar-refractivity contribution in [3.8, 4) is 0 Å². The lowest BCUT2D eigenvalue weighted by Crippen LogP contribution is -2.48. The molecule has 2 bridgehead atoms. The molecule has 2 aliphatic rings. The number of rotatable bonds is 4. The molecule has 0 aromatic heterocycles. The van der Waals surface area contributed by atoms with Gasteiger partial charge in [0.2, 0.25) is 5.91 Å². The molecule has 2 saturated heterocycles. The van der Waals surface area contributed by atoms with Crippen LogP contribution < -0.4 is 5.32 Å². The fraction of sp³-hybridized carbons (Fsp3) is 0.833. The fourth-order valence-corrected chi connectivity index (χ4v) is 2.69. The van der Waals surface area contributed by atoms with Crippen molar-refractivity contribution in [3.63, 3.8) is 0 Å². The average molecular weight is 241 g/mol. The van der Waals surface area contributed by atoms with Gasteiger partial charge in [-0.05, 0) is 25.2 Å². The van der Waals surface area contributed by atoms with Gasteiger partial charge in [-0.15, -0.1) is 0 Å². The number of hydrogen-bond acceptors (Lipinski definition) is 3. The predicted octanol–water partition coefficient (Wildman–Crippen LogP) is 0.779. The molecule has 2 rings (SSSR count). The summed E-state index contributed by atoms with van der Waals surface area (Å²) in [5.74, 6) is -1.42. The van der Waals surface area contributed by atoms with Gasteiger partial charge in [0.1, 0.15) is 6.04 Å². The Balaban J connectivity index is 1.94. The van der Waals surface area contributed by atoms with Gasteiger partial charge in [-0.2, -0.15) is 0 Å². The van der Waals surface area contributed by atoms with Crippen molar-refractivity contribution < 1.29 is 19.4 Å². The highest BCUT2D eigenvalue weighted by atomic mass is 16.5. The number of carbonyl (C=O) groups is 2. The second kappa shape index (κ2) is 4.64. The standard InChI is InChI=1S/C12H19NO4/c1-6(2)10(12(15)16)13-11(14)8-5-7-3-4-9(8)17-7/h6-10H,3-5H2,1-2H3,(H,13,14)(H,15,16)/t7?,8?,9?,10-/m1/s1. The zero-order chi connectivity index (χ0) is 12.6. The molecule has 5 heteroatoms. The number of carboxylic acid groups (broad SMARTS) is 1. The molecule has 0 saturated carbocycles. The number of ether oxygens (including phenoxy) is 1. The van der Waals surface area contributed by atoms with Gasteiger partial charge >= 0.3 is 5.97 Å². The molecule has 0 aliphatic carbocycles. The van der Waals surface area contributed by atoms with E-state index in [-0.39, 0.29) is 30.0 Å². The summed E-state index contributed by atoms with van der Waals surface area (Å²) in [5, 5.41) is 11.6. The first-order valence-electron chi connectivity index (χ1n) is 6.17. The molecule has 2 heterocycles. The van der Waals surface area contributed by atoms with Crippen molar-refractivity contribution in [1.29, 1.82) is 0 Å². The normalized spacial score (nSPS) is 32.8. The maximum Gasteiger partial charge on any atom is 0.326 e. The molecule has 96 valence electrons. The molecule has 17 heavy (non-hydrogen) atoms. The van der Waals surface area contributed by atoms with Gasteiger partial charge < -0.3 is 15.2 Å². The van der Waals surface area contributed by atoms with E-state index >= 15 is 0 Å². The minimum atomic E-state index is -0.975. The molecule has 0 spiro atoms. The smallest absolute Gasteiger partial charge is 0.326 e. The third-order valence-corrected chi connectivity index (χ3v) is 3.67. The summed E-state index contributed by atoms with van der Waals surface area (Å²) in [6, 6.07) is -0.804. The molecule has 1 amide bonds. The molecule has 2 fully saturated rings. The van der Waals surface area contributed by atoms with Crippen molar-refractivity contribution in [1.82, 2.24) is 5.32 Å². The number of carbonyl (C=O) groups excluding carboxylic acids is 1. The summed E-state index contributed by atoms with van der Waals surface area (Å²) in [6.45, 7) is 3.58. The Bertz CT molecular complexity index is 328. The number of nitrogens with one attached hydrogen (secondary N) is 1. The minimum Gasteiger partial charge on any atom is -0.480 e. The van der Waals surface area contributed by atoms with E-state index in [1.807, 2.05) is 0 Å². The van der Waals surface area contributed by atoms with E-state index in [4.69, 9.17) is 9.84 Å². The second-order valence-corrected chi connectivity index (χ2v) is 5.28. The maximum absolute atomic E-state index is 12.0. The summed E-state index contributed by atoms with van der Waals surface area (Å²) in [4.78, 5) is 23.0. The Hall–Kier alpha value is -1.10. The molecule has 4 atom stereocenters. The predicted molar refractivity (Wildman–Crippen MR) is 60.4 cm³/mol. The first-order valence-corrected chi connectivity index (χ1v) is 6.17. The number of hydrogen-bond donors (Lipinski definition) is 2. The lowest BCUT2D eigenvalue weighted by atomic mass is 9.88. The van der Waals surface area contributed by atoms with Crippen LogP contribution in [0, 0.1) is 11.8 Å². The van der Waals surface area contributed by atoms with Crippen molar-refractivity contribution >= 4 is 11.9 Å². The topological polar surface area (TPSA) is 75.6 Å². The van der Waals surface area contributed by atoms with E-state index < -0.39 is 12.0 Å². The van der Waals surface area contributed by atoms with Crippen molar-refractivity contribution in [2.45, 2.75) is 51.4 Å². The lowest BCUT2D eigenvalue weighted by molar-refractivity contribution is -0.144. The van der Waals surface area contributed by atoms with Crippen LogP contribution in [0.25, 0.3) is 0 Å². The Morgan fingerprint density at radius 2 is 2.06 bits per heavy atom. The molecular formula is C12H19NO4. The lowest BCUT2D eigenvalue weighted by Gasteiger charge is -2.23. The van der Waals surface area contributed by atoms with Crippen LogP contribution in [0.1, 0.15) is 33.1 Å². The second-order valence-electron chi connectivity index (χ2n) is 5.28. The zero-order valence-corrected chi connectivity index (χ0v) is 10.2. The van der Waals surface area contributed by atoms with Crippen LogP contribution >= 0.6 is 0 Å². The van der Waals surface area contributed by atoms with Crippen LogP contribution in [0.5, 0.6) is 0 Å².